The van der Waals surface area contributed by atoms with Crippen molar-refractivity contribution in [3.8, 4) is 0 Å². The summed E-state index contributed by atoms with van der Waals surface area (Å²) >= 11 is 0. The number of hydrogen-bond donors (Lipinski definition) is 1. The molecule has 5 rings (SSSR count). The molecule has 3 aliphatic rings. The van der Waals surface area contributed by atoms with E-state index in [9.17, 15) is 9.59 Å². The molecule has 1 N–H and O–H groups in total. The van der Waals surface area contributed by atoms with E-state index in [4.69, 9.17) is 4.42 Å². The van der Waals surface area contributed by atoms with Crippen LogP contribution in [-0.4, -0.2) is 40.2 Å². The molecule has 0 radical (unpaired) electrons. The zero-order valence-electron chi connectivity index (χ0n) is 18.1. The Bertz CT molecular complexity index is 1010. The average molecular weight is 420 g/mol. The van der Waals surface area contributed by atoms with Crippen molar-refractivity contribution < 1.29 is 14.0 Å². The predicted molar refractivity (Wildman–Crippen MR) is 117 cm³/mol. The summed E-state index contributed by atoms with van der Waals surface area (Å²) in [5.74, 6) is 0.806. The average Bonchev–Trinajstić information content (AvgIpc) is 3.23. The molecule has 162 valence electrons. The Labute approximate surface area is 182 Å². The fourth-order valence-electron chi connectivity index (χ4n) is 5.03. The number of benzene rings is 1. The van der Waals surface area contributed by atoms with Gasteiger partial charge in [-0.3, -0.25) is 9.59 Å². The summed E-state index contributed by atoms with van der Waals surface area (Å²) in [7, 11) is 0. The van der Waals surface area contributed by atoms with Gasteiger partial charge in [0.1, 0.15) is 11.8 Å². The number of nitrogens with zero attached hydrogens (tertiary/aromatic N) is 2. The van der Waals surface area contributed by atoms with Crippen LogP contribution in [0.15, 0.2) is 64.4 Å². The molecule has 31 heavy (non-hydrogen) atoms. The van der Waals surface area contributed by atoms with Crippen LogP contribution in [0.3, 0.4) is 0 Å². The van der Waals surface area contributed by atoms with Crippen LogP contribution in [0.4, 0.5) is 0 Å². The first-order valence-electron chi connectivity index (χ1n) is 11.2. The molecule has 1 atom stereocenters. The second kappa shape index (κ2) is 7.59. The fraction of sp³-hybridized carbons (Fsp3) is 0.440. The zero-order chi connectivity index (χ0) is 21.6. The van der Waals surface area contributed by atoms with Crippen LogP contribution in [0.1, 0.15) is 50.5 Å². The van der Waals surface area contributed by atoms with Crippen molar-refractivity contribution in [3.63, 3.8) is 0 Å². The van der Waals surface area contributed by atoms with E-state index in [2.05, 4.69) is 19.2 Å². The highest BCUT2D eigenvalue weighted by Gasteiger charge is 2.51. The summed E-state index contributed by atoms with van der Waals surface area (Å²) in [4.78, 5) is 31.0. The second-order valence-electron chi connectivity index (χ2n) is 9.23. The Morgan fingerprint density at radius 3 is 2.58 bits per heavy atom. The van der Waals surface area contributed by atoms with Gasteiger partial charge in [0.25, 0.3) is 5.91 Å². The molecule has 6 nitrogen and oxygen atoms in total. The Balaban J connectivity index is 1.56. The smallest absolute Gasteiger partial charge is 0.255 e. The van der Waals surface area contributed by atoms with E-state index in [0.717, 1.165) is 30.5 Å². The van der Waals surface area contributed by atoms with Crippen LogP contribution >= 0.6 is 0 Å². The first-order chi connectivity index (χ1) is 15.0. The van der Waals surface area contributed by atoms with E-state index in [1.165, 1.54) is 0 Å². The summed E-state index contributed by atoms with van der Waals surface area (Å²) in [5, 5.41) is 3.51. The van der Waals surface area contributed by atoms with Gasteiger partial charge in [-0.2, -0.15) is 0 Å². The lowest BCUT2D eigenvalue weighted by Crippen LogP contribution is -2.48. The highest BCUT2D eigenvalue weighted by Crippen LogP contribution is 2.45. The van der Waals surface area contributed by atoms with Crippen molar-refractivity contribution in [1.82, 2.24) is 15.1 Å². The van der Waals surface area contributed by atoms with Crippen LogP contribution in [0, 0.1) is 5.92 Å². The van der Waals surface area contributed by atoms with Crippen molar-refractivity contribution in [2.45, 2.75) is 51.2 Å². The van der Waals surface area contributed by atoms with Crippen molar-refractivity contribution in [2.24, 2.45) is 5.92 Å². The van der Waals surface area contributed by atoms with E-state index in [-0.39, 0.29) is 17.7 Å². The highest BCUT2D eigenvalue weighted by molar-refractivity contribution is 6.00. The maximum atomic E-state index is 13.9. The molecule has 2 aliphatic heterocycles. The summed E-state index contributed by atoms with van der Waals surface area (Å²) < 4.78 is 5.79. The summed E-state index contributed by atoms with van der Waals surface area (Å²) in [6, 6.07) is 13.2. The van der Waals surface area contributed by atoms with E-state index in [1.54, 1.807) is 6.26 Å². The van der Waals surface area contributed by atoms with Gasteiger partial charge in [0.05, 0.1) is 17.4 Å². The first-order valence-corrected chi connectivity index (χ1v) is 11.2. The molecule has 1 aromatic heterocycles. The number of hydrogen-bond acceptors (Lipinski definition) is 4. The van der Waals surface area contributed by atoms with Crippen molar-refractivity contribution in [1.29, 1.82) is 0 Å². The second-order valence-corrected chi connectivity index (χ2v) is 9.23. The first kappa shape index (κ1) is 19.9. The van der Waals surface area contributed by atoms with E-state index in [1.807, 2.05) is 52.3 Å². The number of furan rings is 1. The Kier molecular flexibility index (Phi) is 4.88. The lowest BCUT2D eigenvalue weighted by molar-refractivity contribution is -0.141. The van der Waals surface area contributed by atoms with Crippen LogP contribution in [0.2, 0.25) is 0 Å². The largest absolute Gasteiger partial charge is 0.467 e. The Hall–Kier alpha value is -3.02. The zero-order valence-corrected chi connectivity index (χ0v) is 18.1. The van der Waals surface area contributed by atoms with Gasteiger partial charge >= 0.3 is 0 Å². The van der Waals surface area contributed by atoms with Gasteiger partial charge in [-0.05, 0) is 44.4 Å². The Morgan fingerprint density at radius 2 is 1.94 bits per heavy atom. The van der Waals surface area contributed by atoms with Crippen LogP contribution in [0.25, 0.3) is 0 Å². The molecule has 1 saturated carbocycles. The topological polar surface area (TPSA) is 65.8 Å². The van der Waals surface area contributed by atoms with Gasteiger partial charge in [-0.15, -0.1) is 0 Å². The molecular formula is C25H29N3O3. The van der Waals surface area contributed by atoms with Crippen molar-refractivity contribution in [3.05, 3.63) is 71.3 Å². The molecule has 1 aliphatic carbocycles. The number of carbonyl (C=O) groups excluding carboxylic acids is 2. The van der Waals surface area contributed by atoms with Crippen molar-refractivity contribution >= 4 is 11.8 Å². The quantitative estimate of drug-likeness (QED) is 0.822. The van der Waals surface area contributed by atoms with Gasteiger partial charge < -0.3 is 19.5 Å². The van der Waals surface area contributed by atoms with Gasteiger partial charge in [0.15, 0.2) is 0 Å². The number of carbonyl (C=O) groups is 2. The molecule has 0 saturated heterocycles. The molecule has 1 fully saturated rings. The lowest BCUT2D eigenvalue weighted by Gasteiger charge is -2.37. The van der Waals surface area contributed by atoms with E-state index in [0.29, 0.717) is 31.0 Å². The lowest BCUT2D eigenvalue weighted by atomic mass is 9.83. The van der Waals surface area contributed by atoms with Crippen LogP contribution in [-0.2, 0) is 16.1 Å². The standard InChI is InChI=1S/C25H29N3O3/c1-25(2)22-20(24(30)28(25)16-17-8-4-3-5-9-17)21(19-12-7-15-31-19)27(14-13-26-22)23(29)18-10-6-11-18/h3-5,7-9,12,15,18,21,26H,6,10-11,13-14,16H2,1-2H3. The van der Waals surface area contributed by atoms with Gasteiger partial charge in [0.2, 0.25) is 5.91 Å². The third-order valence-electron chi connectivity index (χ3n) is 7.00. The fourth-order valence-corrected chi connectivity index (χ4v) is 5.03. The summed E-state index contributed by atoms with van der Waals surface area (Å²) in [6.07, 6.45) is 4.57. The highest BCUT2D eigenvalue weighted by atomic mass is 16.3. The van der Waals surface area contributed by atoms with Crippen LogP contribution < -0.4 is 5.32 Å². The number of amides is 2. The Morgan fingerprint density at radius 1 is 1.16 bits per heavy atom. The summed E-state index contributed by atoms with van der Waals surface area (Å²) in [6.45, 7) is 5.83. The number of nitrogens with one attached hydrogen (secondary N) is 1. The van der Waals surface area contributed by atoms with Gasteiger partial charge in [0, 0.05) is 31.2 Å². The van der Waals surface area contributed by atoms with Crippen LogP contribution in [0.5, 0.6) is 0 Å². The molecule has 2 aromatic rings. The molecule has 0 spiro atoms. The predicted octanol–water partition coefficient (Wildman–Crippen LogP) is 3.63. The minimum Gasteiger partial charge on any atom is -0.467 e. The molecule has 0 bridgehead atoms. The molecular weight excluding hydrogens is 390 g/mol. The maximum absolute atomic E-state index is 13.9. The van der Waals surface area contributed by atoms with Crippen molar-refractivity contribution in [2.75, 3.05) is 13.1 Å². The molecule has 2 amide bonds. The molecule has 1 unspecified atom stereocenters. The third-order valence-corrected chi connectivity index (χ3v) is 7.00. The van der Waals surface area contributed by atoms with E-state index < -0.39 is 11.6 Å². The normalized spacial score (nSPS) is 23.3. The third kappa shape index (κ3) is 3.25. The minimum atomic E-state index is -0.511. The SMILES string of the molecule is CC1(C)C2=C(C(=O)N1Cc1ccccc1)C(c1ccco1)N(C(=O)C1CCC1)CCN2. The van der Waals surface area contributed by atoms with E-state index >= 15 is 0 Å². The minimum absolute atomic E-state index is 0.0361. The maximum Gasteiger partial charge on any atom is 0.255 e. The summed E-state index contributed by atoms with van der Waals surface area (Å²) in [5.41, 5.74) is 2.11. The monoisotopic (exact) mass is 419 g/mol. The van der Waals surface area contributed by atoms with Gasteiger partial charge in [-0.1, -0.05) is 36.8 Å². The molecule has 6 heteroatoms. The van der Waals surface area contributed by atoms with Gasteiger partial charge in [-0.25, -0.2) is 0 Å². The molecule has 3 heterocycles. The molecule has 1 aromatic carbocycles. The number of rotatable bonds is 4.